The zero-order chi connectivity index (χ0) is 14.5. The standard InChI is InChI=1S/C15H22ClNO2/c1-4-15(3,5-2)17-14(19)10-13(18)11-6-8-12(16)9-7-11/h6-9,13,18H,4-5,10H2,1-3H3,(H,17,19). The van der Waals surface area contributed by atoms with Gasteiger partial charge in [-0.15, -0.1) is 0 Å². The van der Waals surface area contributed by atoms with Gasteiger partial charge in [0.15, 0.2) is 0 Å². The fraction of sp³-hybridized carbons (Fsp3) is 0.533. The number of rotatable bonds is 6. The fourth-order valence-corrected chi connectivity index (χ4v) is 1.92. The van der Waals surface area contributed by atoms with Crippen molar-refractivity contribution in [3.05, 3.63) is 34.9 Å². The molecule has 1 unspecified atom stereocenters. The van der Waals surface area contributed by atoms with E-state index in [0.717, 1.165) is 12.8 Å². The van der Waals surface area contributed by atoms with Crippen molar-refractivity contribution >= 4 is 17.5 Å². The third-order valence-corrected chi connectivity index (χ3v) is 3.89. The van der Waals surface area contributed by atoms with Crippen LogP contribution < -0.4 is 5.32 Å². The van der Waals surface area contributed by atoms with Crippen molar-refractivity contribution in [2.75, 3.05) is 0 Å². The van der Waals surface area contributed by atoms with Gasteiger partial charge in [-0.25, -0.2) is 0 Å². The Balaban J connectivity index is 2.59. The van der Waals surface area contributed by atoms with Gasteiger partial charge in [0.25, 0.3) is 0 Å². The number of benzene rings is 1. The Kier molecular flexibility index (Phi) is 5.83. The van der Waals surface area contributed by atoms with E-state index < -0.39 is 6.10 Å². The molecule has 106 valence electrons. The highest BCUT2D eigenvalue weighted by Crippen LogP contribution is 2.20. The monoisotopic (exact) mass is 283 g/mol. The van der Waals surface area contributed by atoms with E-state index in [0.29, 0.717) is 10.6 Å². The number of carbonyl (C=O) groups excluding carboxylic acids is 1. The van der Waals surface area contributed by atoms with Crippen LogP contribution in [0.3, 0.4) is 0 Å². The van der Waals surface area contributed by atoms with Gasteiger partial charge in [0.2, 0.25) is 5.91 Å². The maximum atomic E-state index is 11.9. The molecule has 4 heteroatoms. The van der Waals surface area contributed by atoms with Crippen LogP contribution in [0.1, 0.15) is 51.7 Å². The first-order chi connectivity index (χ1) is 8.90. The number of aliphatic hydroxyl groups is 1. The van der Waals surface area contributed by atoms with Crippen molar-refractivity contribution in [3.63, 3.8) is 0 Å². The summed E-state index contributed by atoms with van der Waals surface area (Å²) in [5, 5.41) is 13.6. The molecule has 1 rings (SSSR count). The molecule has 0 saturated carbocycles. The molecule has 0 heterocycles. The minimum Gasteiger partial charge on any atom is -0.388 e. The SMILES string of the molecule is CCC(C)(CC)NC(=O)CC(O)c1ccc(Cl)cc1. The Morgan fingerprint density at radius 3 is 2.32 bits per heavy atom. The predicted octanol–water partition coefficient (Wildman–Crippen LogP) is 3.46. The van der Waals surface area contributed by atoms with Crippen LogP contribution in [0.4, 0.5) is 0 Å². The quantitative estimate of drug-likeness (QED) is 0.840. The van der Waals surface area contributed by atoms with E-state index in [-0.39, 0.29) is 17.9 Å². The number of hydrogen-bond donors (Lipinski definition) is 2. The van der Waals surface area contributed by atoms with Crippen LogP contribution in [0, 0.1) is 0 Å². The second-order valence-corrected chi connectivity index (χ2v) is 5.52. The lowest BCUT2D eigenvalue weighted by Gasteiger charge is -2.28. The number of hydrogen-bond acceptors (Lipinski definition) is 2. The van der Waals surface area contributed by atoms with E-state index in [1.807, 2.05) is 20.8 Å². The molecule has 1 aromatic carbocycles. The second kappa shape index (κ2) is 6.92. The normalized spacial score (nSPS) is 13.1. The highest BCUT2D eigenvalue weighted by atomic mass is 35.5. The second-order valence-electron chi connectivity index (χ2n) is 5.09. The minimum atomic E-state index is -0.796. The Bertz CT molecular complexity index is 413. The van der Waals surface area contributed by atoms with Crippen LogP contribution in [0.2, 0.25) is 5.02 Å². The first kappa shape index (κ1) is 16.0. The molecule has 0 radical (unpaired) electrons. The third-order valence-electron chi connectivity index (χ3n) is 3.64. The van der Waals surface area contributed by atoms with Crippen molar-refractivity contribution in [3.8, 4) is 0 Å². The molecule has 3 nitrogen and oxygen atoms in total. The number of aliphatic hydroxyl groups excluding tert-OH is 1. The van der Waals surface area contributed by atoms with Crippen molar-refractivity contribution in [1.82, 2.24) is 5.32 Å². The molecule has 19 heavy (non-hydrogen) atoms. The Labute approximate surface area is 120 Å². The number of carbonyl (C=O) groups is 1. The number of nitrogens with one attached hydrogen (secondary N) is 1. The average molecular weight is 284 g/mol. The summed E-state index contributed by atoms with van der Waals surface area (Å²) in [6.45, 7) is 6.10. The number of halogens is 1. The maximum Gasteiger partial charge on any atom is 0.223 e. The summed E-state index contributed by atoms with van der Waals surface area (Å²) in [5.41, 5.74) is 0.505. The lowest BCUT2D eigenvalue weighted by molar-refractivity contribution is -0.125. The number of amides is 1. The summed E-state index contributed by atoms with van der Waals surface area (Å²) in [4.78, 5) is 11.9. The molecule has 1 atom stereocenters. The molecule has 1 aromatic rings. The van der Waals surface area contributed by atoms with E-state index in [2.05, 4.69) is 5.32 Å². The van der Waals surface area contributed by atoms with Crippen LogP contribution in [-0.2, 0) is 4.79 Å². The van der Waals surface area contributed by atoms with E-state index in [9.17, 15) is 9.90 Å². The van der Waals surface area contributed by atoms with Crippen molar-refractivity contribution in [2.45, 2.75) is 51.7 Å². The molecule has 0 fully saturated rings. The van der Waals surface area contributed by atoms with Crippen molar-refractivity contribution in [1.29, 1.82) is 0 Å². The first-order valence-electron chi connectivity index (χ1n) is 6.64. The summed E-state index contributed by atoms with van der Waals surface area (Å²) in [6, 6.07) is 6.89. The van der Waals surface area contributed by atoms with E-state index in [4.69, 9.17) is 11.6 Å². The molecule has 0 aliphatic rings. The molecule has 0 saturated heterocycles. The molecule has 0 bridgehead atoms. The molecular formula is C15H22ClNO2. The van der Waals surface area contributed by atoms with Crippen molar-refractivity contribution < 1.29 is 9.90 Å². The molecule has 0 spiro atoms. The molecule has 1 amide bonds. The molecule has 0 aliphatic heterocycles. The summed E-state index contributed by atoms with van der Waals surface area (Å²) in [6.07, 6.45) is 1.01. The average Bonchev–Trinajstić information content (AvgIpc) is 2.39. The predicted molar refractivity (Wildman–Crippen MR) is 78.2 cm³/mol. The fourth-order valence-electron chi connectivity index (χ4n) is 1.79. The van der Waals surface area contributed by atoms with Gasteiger partial charge < -0.3 is 10.4 Å². The van der Waals surface area contributed by atoms with E-state index in [1.165, 1.54) is 0 Å². The molecule has 0 aliphatic carbocycles. The smallest absolute Gasteiger partial charge is 0.223 e. The van der Waals surface area contributed by atoms with E-state index >= 15 is 0 Å². The van der Waals surface area contributed by atoms with Gasteiger partial charge in [0, 0.05) is 10.6 Å². The van der Waals surface area contributed by atoms with Gasteiger partial charge >= 0.3 is 0 Å². The summed E-state index contributed by atoms with van der Waals surface area (Å²) in [7, 11) is 0. The van der Waals surface area contributed by atoms with Crippen LogP contribution in [0.5, 0.6) is 0 Å². The molecule has 0 aromatic heterocycles. The zero-order valence-electron chi connectivity index (χ0n) is 11.7. The van der Waals surface area contributed by atoms with Gasteiger partial charge in [-0.1, -0.05) is 37.6 Å². The van der Waals surface area contributed by atoms with Gasteiger partial charge in [0.1, 0.15) is 0 Å². The Morgan fingerprint density at radius 2 is 1.84 bits per heavy atom. The zero-order valence-corrected chi connectivity index (χ0v) is 12.5. The summed E-state index contributed by atoms with van der Waals surface area (Å²) >= 11 is 5.79. The topological polar surface area (TPSA) is 49.3 Å². The molecule has 2 N–H and O–H groups in total. The van der Waals surface area contributed by atoms with Crippen LogP contribution in [0.25, 0.3) is 0 Å². The first-order valence-corrected chi connectivity index (χ1v) is 7.02. The minimum absolute atomic E-state index is 0.0667. The lowest BCUT2D eigenvalue weighted by Crippen LogP contribution is -2.45. The van der Waals surface area contributed by atoms with Gasteiger partial charge in [0.05, 0.1) is 12.5 Å². The largest absolute Gasteiger partial charge is 0.388 e. The maximum absolute atomic E-state index is 11.9. The van der Waals surface area contributed by atoms with Gasteiger partial charge in [-0.05, 0) is 37.5 Å². The van der Waals surface area contributed by atoms with E-state index in [1.54, 1.807) is 24.3 Å². The summed E-state index contributed by atoms with van der Waals surface area (Å²) in [5.74, 6) is -0.131. The van der Waals surface area contributed by atoms with Crippen LogP contribution in [-0.4, -0.2) is 16.6 Å². The van der Waals surface area contributed by atoms with Gasteiger partial charge in [-0.3, -0.25) is 4.79 Å². The van der Waals surface area contributed by atoms with Crippen LogP contribution >= 0.6 is 11.6 Å². The lowest BCUT2D eigenvalue weighted by atomic mass is 9.95. The summed E-state index contributed by atoms with van der Waals surface area (Å²) < 4.78 is 0. The Hall–Kier alpha value is -1.06. The highest BCUT2D eigenvalue weighted by molar-refractivity contribution is 6.30. The van der Waals surface area contributed by atoms with Gasteiger partial charge in [-0.2, -0.15) is 0 Å². The Morgan fingerprint density at radius 1 is 1.32 bits per heavy atom. The van der Waals surface area contributed by atoms with Crippen LogP contribution in [0.15, 0.2) is 24.3 Å². The highest BCUT2D eigenvalue weighted by Gasteiger charge is 2.23. The molecular weight excluding hydrogens is 262 g/mol. The third kappa shape index (κ3) is 4.84. The van der Waals surface area contributed by atoms with Crippen molar-refractivity contribution in [2.24, 2.45) is 0 Å².